The van der Waals surface area contributed by atoms with Crippen LogP contribution < -0.4 is 4.90 Å². The number of aromatic hydroxyl groups is 1. The van der Waals surface area contributed by atoms with Crippen LogP contribution in [0.25, 0.3) is 22.0 Å². The molecule has 0 spiro atoms. The second-order valence-electron chi connectivity index (χ2n) is 9.22. The minimum Gasteiger partial charge on any atom is -0.508 e. The lowest BCUT2D eigenvalue weighted by atomic mass is 9.89. The molecule has 1 saturated carbocycles. The Hall–Kier alpha value is -3.40. The first-order valence-corrected chi connectivity index (χ1v) is 11.5. The second-order valence-corrected chi connectivity index (χ2v) is 9.22. The van der Waals surface area contributed by atoms with E-state index < -0.39 is 0 Å². The van der Waals surface area contributed by atoms with E-state index in [1.807, 2.05) is 19.9 Å². The summed E-state index contributed by atoms with van der Waals surface area (Å²) in [5.74, 6) is 2.00. The molecule has 0 bridgehead atoms. The summed E-state index contributed by atoms with van der Waals surface area (Å²) >= 11 is 0. The van der Waals surface area contributed by atoms with Crippen LogP contribution in [-0.4, -0.2) is 21.8 Å². The summed E-state index contributed by atoms with van der Waals surface area (Å²) in [6.07, 6.45) is 3.60. The molecule has 0 radical (unpaired) electrons. The van der Waals surface area contributed by atoms with E-state index >= 15 is 0 Å². The predicted molar refractivity (Wildman–Crippen MR) is 129 cm³/mol. The lowest BCUT2D eigenvalue weighted by molar-refractivity contribution is 0.470. The van der Waals surface area contributed by atoms with Gasteiger partial charge in [-0.25, -0.2) is 0 Å². The number of hydrogen-bond acceptors (Lipinski definition) is 4. The highest BCUT2D eigenvalue weighted by atomic mass is 16.3. The van der Waals surface area contributed by atoms with Gasteiger partial charge >= 0.3 is 0 Å². The Balaban J connectivity index is 1.52. The third-order valence-corrected chi connectivity index (χ3v) is 7.35. The van der Waals surface area contributed by atoms with Crippen molar-refractivity contribution in [2.45, 2.75) is 39.2 Å². The number of hydrogen-bond donors (Lipinski definition) is 1. The lowest BCUT2D eigenvalue weighted by Crippen LogP contribution is -2.37. The van der Waals surface area contributed by atoms with Crippen LogP contribution >= 0.6 is 0 Å². The first-order valence-electron chi connectivity index (χ1n) is 11.5. The summed E-state index contributed by atoms with van der Waals surface area (Å²) in [4.78, 5) is 2.51. The highest BCUT2D eigenvalue weighted by Crippen LogP contribution is 2.49. The molecular formula is C28H27N3O. The molecule has 1 aliphatic heterocycles. The maximum absolute atomic E-state index is 10.1. The molecule has 1 aliphatic carbocycles. The van der Waals surface area contributed by atoms with Crippen LogP contribution in [0.2, 0.25) is 0 Å². The molecular weight excluding hydrogens is 394 g/mol. The average Bonchev–Trinajstić information content (AvgIpc) is 3.67. The quantitative estimate of drug-likeness (QED) is 0.432. The molecule has 1 N–H and O–H groups in total. The molecule has 1 fully saturated rings. The van der Waals surface area contributed by atoms with Crippen molar-refractivity contribution >= 4 is 16.6 Å². The van der Waals surface area contributed by atoms with Crippen molar-refractivity contribution in [2.75, 3.05) is 11.4 Å². The first kappa shape index (κ1) is 19.3. The van der Waals surface area contributed by atoms with Gasteiger partial charge in [-0.2, -0.15) is 0 Å². The topological polar surface area (TPSA) is 49.3 Å². The molecule has 4 aromatic rings. The van der Waals surface area contributed by atoms with Crippen LogP contribution in [0.3, 0.4) is 0 Å². The van der Waals surface area contributed by atoms with Gasteiger partial charge in [0.15, 0.2) is 5.82 Å². The van der Waals surface area contributed by atoms with Crippen LogP contribution in [0, 0.1) is 19.8 Å². The van der Waals surface area contributed by atoms with E-state index in [2.05, 4.69) is 53.4 Å². The number of nitrogens with zero attached hydrogens (tertiary/aromatic N) is 3. The van der Waals surface area contributed by atoms with Crippen molar-refractivity contribution in [1.29, 1.82) is 0 Å². The number of fused-ring (bicyclic) bond motifs is 2. The summed E-state index contributed by atoms with van der Waals surface area (Å²) in [5.41, 5.74) is 6.77. The summed E-state index contributed by atoms with van der Waals surface area (Å²) in [6.45, 7) is 4.95. The highest BCUT2D eigenvalue weighted by molar-refractivity contribution is 6.01. The maximum Gasteiger partial charge on any atom is 0.159 e. The van der Waals surface area contributed by atoms with E-state index in [0.29, 0.717) is 17.7 Å². The van der Waals surface area contributed by atoms with Gasteiger partial charge in [-0.1, -0.05) is 48.5 Å². The van der Waals surface area contributed by atoms with Crippen LogP contribution in [0.5, 0.6) is 5.75 Å². The maximum atomic E-state index is 10.1. The zero-order valence-corrected chi connectivity index (χ0v) is 18.5. The molecule has 2 aliphatic rings. The standard InChI is InChI=1S/C28H27N3O/c1-17-18(2)25(32)14-13-21(17)26-23-9-5-6-10-24(23)28(30-29-26)31-16-15-19-7-3-4-8-22(19)27(31)20-11-12-20/h3-10,13-14,20,27,32H,11-12,15-16H2,1-2H3. The number of phenols is 1. The molecule has 0 amide bonds. The Morgan fingerprint density at radius 2 is 1.59 bits per heavy atom. The van der Waals surface area contributed by atoms with Crippen molar-refractivity contribution in [3.05, 3.63) is 82.9 Å². The summed E-state index contributed by atoms with van der Waals surface area (Å²) < 4.78 is 0. The molecule has 4 nitrogen and oxygen atoms in total. The van der Waals surface area contributed by atoms with Gasteiger partial charge in [0, 0.05) is 22.9 Å². The van der Waals surface area contributed by atoms with E-state index in [0.717, 1.165) is 51.9 Å². The monoisotopic (exact) mass is 421 g/mol. The Labute approximate surface area is 188 Å². The van der Waals surface area contributed by atoms with Crippen molar-refractivity contribution in [3.8, 4) is 17.0 Å². The fourth-order valence-corrected chi connectivity index (χ4v) is 5.32. The molecule has 32 heavy (non-hydrogen) atoms. The molecule has 2 heterocycles. The van der Waals surface area contributed by atoms with Gasteiger partial charge in [0.25, 0.3) is 0 Å². The summed E-state index contributed by atoms with van der Waals surface area (Å²) in [7, 11) is 0. The lowest BCUT2D eigenvalue weighted by Gasteiger charge is -2.39. The van der Waals surface area contributed by atoms with Gasteiger partial charge in [0.1, 0.15) is 11.4 Å². The number of aromatic nitrogens is 2. The third kappa shape index (κ3) is 2.97. The zero-order valence-electron chi connectivity index (χ0n) is 18.5. The SMILES string of the molecule is Cc1c(O)ccc(-c2nnc(N3CCc4ccccc4C3C3CC3)c3ccccc23)c1C. The van der Waals surface area contributed by atoms with Gasteiger partial charge in [0.2, 0.25) is 0 Å². The van der Waals surface area contributed by atoms with Crippen molar-refractivity contribution in [1.82, 2.24) is 10.2 Å². The predicted octanol–water partition coefficient (Wildman–Crippen LogP) is 6.13. The molecule has 6 rings (SSSR count). The van der Waals surface area contributed by atoms with E-state index in [9.17, 15) is 5.11 Å². The normalized spacial score (nSPS) is 18.1. The van der Waals surface area contributed by atoms with Crippen LogP contribution in [0.4, 0.5) is 5.82 Å². The highest BCUT2D eigenvalue weighted by Gasteiger charge is 2.40. The van der Waals surface area contributed by atoms with Crippen LogP contribution in [0.15, 0.2) is 60.7 Å². The van der Waals surface area contributed by atoms with Crippen molar-refractivity contribution < 1.29 is 5.11 Å². The van der Waals surface area contributed by atoms with E-state index in [-0.39, 0.29) is 0 Å². The van der Waals surface area contributed by atoms with E-state index in [1.165, 1.54) is 24.0 Å². The fraction of sp³-hybridized carbons (Fsp3) is 0.286. The van der Waals surface area contributed by atoms with Gasteiger partial charge in [-0.05, 0) is 73.4 Å². The zero-order chi connectivity index (χ0) is 21.8. The fourth-order valence-electron chi connectivity index (χ4n) is 5.32. The van der Waals surface area contributed by atoms with Gasteiger partial charge in [-0.15, -0.1) is 10.2 Å². The molecule has 160 valence electrons. The number of anilines is 1. The van der Waals surface area contributed by atoms with E-state index in [4.69, 9.17) is 10.2 Å². The Kier molecular flexibility index (Phi) is 4.42. The number of rotatable bonds is 3. The molecule has 1 aromatic heterocycles. The van der Waals surface area contributed by atoms with Gasteiger partial charge in [-0.3, -0.25) is 0 Å². The minimum absolute atomic E-state index is 0.319. The number of benzene rings is 3. The third-order valence-electron chi connectivity index (χ3n) is 7.35. The smallest absolute Gasteiger partial charge is 0.159 e. The minimum atomic E-state index is 0.319. The average molecular weight is 422 g/mol. The summed E-state index contributed by atoms with van der Waals surface area (Å²) in [5, 5.41) is 22.0. The van der Waals surface area contributed by atoms with Crippen molar-refractivity contribution in [2.24, 2.45) is 5.92 Å². The summed E-state index contributed by atoms with van der Waals surface area (Å²) in [6, 6.07) is 21.5. The second kappa shape index (κ2) is 7.33. The van der Waals surface area contributed by atoms with Crippen molar-refractivity contribution in [3.63, 3.8) is 0 Å². The molecule has 1 atom stereocenters. The van der Waals surface area contributed by atoms with Gasteiger partial charge < -0.3 is 10.0 Å². The van der Waals surface area contributed by atoms with Crippen LogP contribution in [0.1, 0.15) is 41.1 Å². The Morgan fingerprint density at radius 3 is 2.41 bits per heavy atom. The Morgan fingerprint density at radius 1 is 0.844 bits per heavy atom. The number of phenolic OH excluding ortho intramolecular Hbond substituents is 1. The largest absolute Gasteiger partial charge is 0.508 e. The Bertz CT molecular complexity index is 1340. The molecule has 3 aromatic carbocycles. The first-order chi connectivity index (χ1) is 15.6. The molecule has 1 unspecified atom stereocenters. The van der Waals surface area contributed by atoms with E-state index in [1.54, 1.807) is 6.07 Å². The van der Waals surface area contributed by atoms with Gasteiger partial charge in [0.05, 0.1) is 6.04 Å². The molecule has 4 heteroatoms. The van der Waals surface area contributed by atoms with Crippen LogP contribution in [-0.2, 0) is 6.42 Å². The molecule has 0 saturated heterocycles.